The largest absolute Gasteiger partial charge is 0.573 e. The van der Waals surface area contributed by atoms with Gasteiger partial charge >= 0.3 is 12.3 Å². The van der Waals surface area contributed by atoms with Gasteiger partial charge in [0.2, 0.25) is 0 Å². The highest BCUT2D eigenvalue weighted by Crippen LogP contribution is 2.32. The second-order valence-electron chi connectivity index (χ2n) is 3.61. The Kier molecular flexibility index (Phi) is 5.14. The molecule has 1 aromatic heterocycles. The average Bonchev–Trinajstić information content (AvgIpc) is 2.37. The van der Waals surface area contributed by atoms with Crippen LogP contribution in [0.4, 0.5) is 13.2 Å². The molecule has 0 bridgehead atoms. The number of esters is 1. The fraction of sp³-hybridized carbons (Fsp3) is 0.455. The molecule has 0 aliphatic carbocycles. The molecule has 1 rings (SSSR count). The Bertz CT molecular complexity index is 491. The van der Waals surface area contributed by atoms with E-state index >= 15 is 0 Å². The molecule has 0 saturated carbocycles. The molecular weight excluding hydrogens is 281 g/mol. The van der Waals surface area contributed by atoms with Gasteiger partial charge in [-0.05, 0) is 11.6 Å². The number of rotatable bonds is 5. The van der Waals surface area contributed by atoms with Crippen LogP contribution in [0.1, 0.15) is 11.3 Å². The van der Waals surface area contributed by atoms with Gasteiger partial charge in [0.15, 0.2) is 5.75 Å². The van der Waals surface area contributed by atoms with Gasteiger partial charge in [-0.25, -0.2) is 4.98 Å². The van der Waals surface area contributed by atoms with Crippen LogP contribution in [0, 0.1) is 0 Å². The van der Waals surface area contributed by atoms with E-state index in [1.54, 1.807) is 0 Å². The minimum absolute atomic E-state index is 0.114. The lowest BCUT2D eigenvalue weighted by Gasteiger charge is -2.15. The van der Waals surface area contributed by atoms with E-state index in [0.29, 0.717) is 0 Å². The van der Waals surface area contributed by atoms with Gasteiger partial charge in [0.05, 0.1) is 26.3 Å². The van der Waals surface area contributed by atoms with Crippen LogP contribution in [0.5, 0.6) is 11.6 Å². The monoisotopic (exact) mass is 294 g/mol. The average molecular weight is 294 g/mol. The number of methoxy groups -OCH3 is 2. The Hall–Kier alpha value is -2.03. The molecule has 0 aliphatic heterocycles. The first kappa shape index (κ1) is 16.0. The number of aromatic nitrogens is 1. The van der Waals surface area contributed by atoms with Crippen LogP contribution >= 0.6 is 0 Å². The molecule has 0 aliphatic rings. The molecule has 0 unspecified atom stereocenters. The maximum absolute atomic E-state index is 12.2. The molecule has 9 heteroatoms. The minimum atomic E-state index is -4.88. The zero-order valence-corrected chi connectivity index (χ0v) is 10.8. The summed E-state index contributed by atoms with van der Waals surface area (Å²) in [5.74, 6) is -1.61. The van der Waals surface area contributed by atoms with Gasteiger partial charge in [0.25, 0.3) is 5.88 Å². The van der Waals surface area contributed by atoms with Gasteiger partial charge < -0.3 is 19.9 Å². The van der Waals surface area contributed by atoms with E-state index < -0.39 is 24.0 Å². The predicted octanol–water partition coefficient (Wildman–Crippen LogP) is 1.16. The van der Waals surface area contributed by atoms with E-state index in [0.717, 1.165) is 13.2 Å². The number of nitrogens with two attached hydrogens (primary N) is 1. The van der Waals surface area contributed by atoms with Crippen LogP contribution in [0.3, 0.4) is 0 Å². The number of halogens is 3. The van der Waals surface area contributed by atoms with Crippen molar-refractivity contribution >= 4 is 5.97 Å². The number of carbonyl (C=O) groups excluding carboxylic acids is 1. The van der Waals surface area contributed by atoms with Crippen molar-refractivity contribution < 1.29 is 32.2 Å². The maximum atomic E-state index is 12.2. The Morgan fingerprint density at radius 1 is 1.40 bits per heavy atom. The third kappa shape index (κ3) is 4.26. The standard InChI is InChI=1S/C11H13F3N2O4/c1-18-9(17)4-7-6(5-15)3-8(10(16-7)19-2)20-11(12,13)14/h3H,4-5,15H2,1-2H3. The molecular formula is C11H13F3N2O4. The summed E-state index contributed by atoms with van der Waals surface area (Å²) in [6, 6.07) is 1.04. The van der Waals surface area contributed by atoms with Crippen LogP contribution < -0.4 is 15.2 Å². The normalized spacial score (nSPS) is 11.1. The lowest BCUT2D eigenvalue weighted by Crippen LogP contribution is -2.19. The zero-order valence-electron chi connectivity index (χ0n) is 10.8. The first-order valence-corrected chi connectivity index (χ1v) is 5.40. The predicted molar refractivity (Wildman–Crippen MR) is 61.1 cm³/mol. The van der Waals surface area contributed by atoms with Crippen LogP contribution in [0.15, 0.2) is 6.07 Å². The summed E-state index contributed by atoms with van der Waals surface area (Å²) in [6.07, 6.45) is -5.11. The Labute approximate surface area is 112 Å². The fourth-order valence-corrected chi connectivity index (χ4v) is 1.44. The van der Waals surface area contributed by atoms with Crippen molar-refractivity contribution in [2.75, 3.05) is 14.2 Å². The van der Waals surface area contributed by atoms with Gasteiger partial charge in [-0.2, -0.15) is 0 Å². The number of pyridine rings is 1. The lowest BCUT2D eigenvalue weighted by molar-refractivity contribution is -0.275. The van der Waals surface area contributed by atoms with Crippen LogP contribution in [0.25, 0.3) is 0 Å². The first-order valence-electron chi connectivity index (χ1n) is 5.40. The number of carbonyl (C=O) groups is 1. The van der Waals surface area contributed by atoms with Crippen molar-refractivity contribution in [1.82, 2.24) is 4.98 Å². The van der Waals surface area contributed by atoms with Gasteiger partial charge in [0, 0.05) is 6.54 Å². The van der Waals surface area contributed by atoms with Gasteiger partial charge in [-0.15, -0.1) is 13.2 Å². The molecule has 0 fully saturated rings. The SMILES string of the molecule is COC(=O)Cc1nc(OC)c(OC(F)(F)F)cc1CN. The third-order valence-corrected chi connectivity index (χ3v) is 2.30. The minimum Gasteiger partial charge on any atom is -0.478 e. The second kappa shape index (κ2) is 6.42. The van der Waals surface area contributed by atoms with Crippen molar-refractivity contribution in [1.29, 1.82) is 0 Å². The highest BCUT2D eigenvalue weighted by Gasteiger charge is 2.33. The summed E-state index contributed by atoms with van der Waals surface area (Å²) in [7, 11) is 2.32. The summed E-state index contributed by atoms with van der Waals surface area (Å²) in [5.41, 5.74) is 5.83. The summed E-state index contributed by atoms with van der Waals surface area (Å²) in [4.78, 5) is 15.0. The fourth-order valence-electron chi connectivity index (χ4n) is 1.44. The van der Waals surface area contributed by atoms with Crippen molar-refractivity contribution in [2.45, 2.75) is 19.3 Å². The highest BCUT2D eigenvalue weighted by atomic mass is 19.4. The lowest BCUT2D eigenvalue weighted by atomic mass is 10.1. The molecule has 1 aromatic rings. The highest BCUT2D eigenvalue weighted by molar-refractivity contribution is 5.72. The van der Waals surface area contributed by atoms with E-state index in [4.69, 9.17) is 10.5 Å². The van der Waals surface area contributed by atoms with Crippen LogP contribution in [-0.2, 0) is 22.5 Å². The third-order valence-electron chi connectivity index (χ3n) is 2.30. The molecule has 0 saturated heterocycles. The molecule has 1 heterocycles. The number of hydrogen-bond acceptors (Lipinski definition) is 6. The van der Waals surface area contributed by atoms with Crippen molar-refractivity contribution in [3.8, 4) is 11.6 Å². The van der Waals surface area contributed by atoms with Crippen molar-refractivity contribution in [3.63, 3.8) is 0 Å². The van der Waals surface area contributed by atoms with Gasteiger partial charge in [0.1, 0.15) is 0 Å². The molecule has 0 spiro atoms. The Morgan fingerprint density at radius 2 is 2.05 bits per heavy atom. The quantitative estimate of drug-likeness (QED) is 0.820. The Morgan fingerprint density at radius 3 is 2.50 bits per heavy atom. The van der Waals surface area contributed by atoms with E-state index in [1.807, 2.05) is 0 Å². The summed E-state index contributed by atoms with van der Waals surface area (Å²) in [5, 5.41) is 0. The molecule has 20 heavy (non-hydrogen) atoms. The summed E-state index contributed by atoms with van der Waals surface area (Å²) >= 11 is 0. The molecule has 2 N–H and O–H groups in total. The van der Waals surface area contributed by atoms with E-state index in [9.17, 15) is 18.0 Å². The topological polar surface area (TPSA) is 83.7 Å². The second-order valence-corrected chi connectivity index (χ2v) is 3.61. The molecule has 0 amide bonds. The number of nitrogens with zero attached hydrogens (tertiary/aromatic N) is 1. The van der Waals surface area contributed by atoms with E-state index in [-0.39, 0.29) is 24.2 Å². The van der Waals surface area contributed by atoms with E-state index in [1.165, 1.54) is 7.11 Å². The zero-order chi connectivity index (χ0) is 15.3. The first-order chi connectivity index (χ1) is 9.30. The van der Waals surface area contributed by atoms with Gasteiger partial charge in [-0.1, -0.05) is 0 Å². The number of hydrogen-bond donors (Lipinski definition) is 1. The van der Waals surface area contributed by atoms with Gasteiger partial charge in [-0.3, -0.25) is 4.79 Å². The summed E-state index contributed by atoms with van der Waals surface area (Å²) in [6.45, 7) is -0.114. The van der Waals surface area contributed by atoms with Crippen LogP contribution in [0.2, 0.25) is 0 Å². The Balaban J connectivity index is 3.19. The smallest absolute Gasteiger partial charge is 0.478 e. The van der Waals surface area contributed by atoms with E-state index in [2.05, 4.69) is 14.5 Å². The van der Waals surface area contributed by atoms with Crippen molar-refractivity contribution in [3.05, 3.63) is 17.3 Å². The molecule has 0 aromatic carbocycles. The number of alkyl halides is 3. The van der Waals surface area contributed by atoms with Crippen LogP contribution in [-0.4, -0.2) is 31.5 Å². The molecule has 0 atom stereocenters. The molecule has 112 valence electrons. The molecule has 6 nitrogen and oxygen atoms in total. The summed E-state index contributed by atoms with van der Waals surface area (Å²) < 4.78 is 49.7. The molecule has 0 radical (unpaired) electrons. The number of ether oxygens (including phenoxy) is 3. The maximum Gasteiger partial charge on any atom is 0.573 e. The van der Waals surface area contributed by atoms with Crippen molar-refractivity contribution in [2.24, 2.45) is 5.73 Å².